The Morgan fingerprint density at radius 1 is 1.02 bits per heavy atom. The van der Waals surface area contributed by atoms with Crippen LogP contribution >= 0.6 is 0 Å². The predicted molar refractivity (Wildman–Crippen MR) is 181 cm³/mol. The summed E-state index contributed by atoms with van der Waals surface area (Å²) in [6.45, 7) is 9.41. The van der Waals surface area contributed by atoms with Gasteiger partial charge in [0.15, 0.2) is 0 Å². The average molecular weight is 673 g/mol. The van der Waals surface area contributed by atoms with Gasteiger partial charge in [0.05, 0.1) is 47.5 Å². The Morgan fingerprint density at radius 3 is 2.57 bits per heavy atom. The Hall–Kier alpha value is -4.42. The third-order valence-electron chi connectivity index (χ3n) is 9.16. The van der Waals surface area contributed by atoms with E-state index >= 15 is 0 Å². The molecular formula is C37H42F2N6O4. The number of ether oxygens (including phenoxy) is 3. The highest BCUT2D eigenvalue weighted by atomic mass is 19.3. The molecule has 1 atom stereocenters. The van der Waals surface area contributed by atoms with Crippen LogP contribution in [0, 0.1) is 0 Å². The van der Waals surface area contributed by atoms with E-state index in [1.807, 2.05) is 63.2 Å². The first-order valence-electron chi connectivity index (χ1n) is 17.0. The first-order chi connectivity index (χ1) is 23.6. The summed E-state index contributed by atoms with van der Waals surface area (Å²) in [6.07, 6.45) is 2.19. The van der Waals surface area contributed by atoms with Crippen molar-refractivity contribution in [3.05, 3.63) is 83.4 Å². The van der Waals surface area contributed by atoms with Crippen molar-refractivity contribution in [3.63, 3.8) is 0 Å². The quantitative estimate of drug-likeness (QED) is 0.142. The van der Waals surface area contributed by atoms with Gasteiger partial charge >= 0.3 is 5.97 Å². The molecule has 2 fully saturated rings. The van der Waals surface area contributed by atoms with E-state index in [1.165, 1.54) is 4.68 Å². The van der Waals surface area contributed by atoms with Gasteiger partial charge in [-0.2, -0.15) is 5.10 Å². The lowest BCUT2D eigenvalue weighted by molar-refractivity contribution is -0.0592. The van der Waals surface area contributed by atoms with E-state index in [-0.39, 0.29) is 18.7 Å². The van der Waals surface area contributed by atoms with Gasteiger partial charge in [0.2, 0.25) is 5.88 Å². The number of alkyl halides is 2. The van der Waals surface area contributed by atoms with Gasteiger partial charge in [-0.25, -0.2) is 23.5 Å². The smallest absolute Gasteiger partial charge is 0.338 e. The van der Waals surface area contributed by atoms with Crippen molar-refractivity contribution in [3.8, 4) is 5.88 Å². The van der Waals surface area contributed by atoms with Crippen molar-refractivity contribution in [2.45, 2.75) is 90.3 Å². The number of hydrogen-bond donors (Lipinski definition) is 0. The number of hydrogen-bond acceptors (Lipinski definition) is 8. The molecule has 0 spiro atoms. The molecule has 49 heavy (non-hydrogen) atoms. The summed E-state index contributed by atoms with van der Waals surface area (Å²) in [4.78, 5) is 25.1. The highest BCUT2D eigenvalue weighted by Crippen LogP contribution is 2.30. The first-order valence-corrected chi connectivity index (χ1v) is 17.0. The zero-order valence-electron chi connectivity index (χ0n) is 28.1. The van der Waals surface area contributed by atoms with Crippen LogP contribution in [0.15, 0.2) is 60.8 Å². The third kappa shape index (κ3) is 7.75. The molecule has 0 saturated carbocycles. The van der Waals surface area contributed by atoms with Crippen molar-refractivity contribution in [2.24, 2.45) is 0 Å². The summed E-state index contributed by atoms with van der Waals surface area (Å²) < 4.78 is 47.0. The number of piperidine rings is 1. The van der Waals surface area contributed by atoms with E-state index in [0.717, 1.165) is 72.5 Å². The van der Waals surface area contributed by atoms with Crippen molar-refractivity contribution in [1.82, 2.24) is 29.2 Å². The van der Waals surface area contributed by atoms with Crippen molar-refractivity contribution in [1.29, 1.82) is 0 Å². The van der Waals surface area contributed by atoms with E-state index in [9.17, 15) is 13.6 Å². The molecule has 1 unspecified atom stereocenters. The van der Waals surface area contributed by atoms with Crippen LogP contribution in [-0.4, -0.2) is 73.0 Å². The molecule has 0 aliphatic carbocycles. The second kappa shape index (κ2) is 13.8. The molecule has 0 N–H and O–H groups in total. The van der Waals surface area contributed by atoms with Gasteiger partial charge in [-0.15, -0.1) is 0 Å². The van der Waals surface area contributed by atoms with E-state index in [4.69, 9.17) is 24.2 Å². The average Bonchev–Trinajstić information content (AvgIpc) is 3.60. The Labute approximate surface area is 284 Å². The molecule has 0 bridgehead atoms. The topological polar surface area (TPSA) is 96.5 Å². The largest absolute Gasteiger partial charge is 0.473 e. The van der Waals surface area contributed by atoms with E-state index in [1.54, 1.807) is 12.3 Å². The zero-order chi connectivity index (χ0) is 34.1. The molecule has 2 aliphatic rings. The van der Waals surface area contributed by atoms with Crippen LogP contribution in [0.2, 0.25) is 0 Å². The second-order valence-electron chi connectivity index (χ2n) is 14.0. The second-order valence-corrected chi connectivity index (χ2v) is 14.0. The summed E-state index contributed by atoms with van der Waals surface area (Å²) in [5.41, 5.74) is 4.25. The number of pyridine rings is 1. The van der Waals surface area contributed by atoms with Gasteiger partial charge in [-0.05, 0) is 89.0 Å². The van der Waals surface area contributed by atoms with Gasteiger partial charge in [-0.1, -0.05) is 18.2 Å². The number of benzene rings is 2. The summed E-state index contributed by atoms with van der Waals surface area (Å²) in [6, 6.07) is 17.1. The molecule has 5 aromatic rings. The normalized spacial score (nSPS) is 17.6. The third-order valence-corrected chi connectivity index (χ3v) is 9.16. The SMILES string of the molecule is CC(C)(C)OC(=O)c1ccc2nc(CN3CCC(c4cccc(OCc5ccc6cnn(CC(F)F)c6c5)n4)CC3)n(CC3CCO3)c2c1. The van der Waals surface area contributed by atoms with Gasteiger partial charge in [0.1, 0.15) is 24.6 Å². The highest BCUT2D eigenvalue weighted by Gasteiger charge is 2.27. The maximum Gasteiger partial charge on any atom is 0.338 e. The number of imidazole rings is 1. The monoisotopic (exact) mass is 672 g/mol. The van der Waals surface area contributed by atoms with Crippen LogP contribution in [0.5, 0.6) is 5.88 Å². The molecule has 7 rings (SSSR count). The van der Waals surface area contributed by atoms with Crippen LogP contribution in [0.25, 0.3) is 21.9 Å². The van der Waals surface area contributed by atoms with Gasteiger partial charge < -0.3 is 18.8 Å². The number of halogens is 2. The Bertz CT molecular complexity index is 1940. The molecule has 0 radical (unpaired) electrons. The van der Waals surface area contributed by atoms with E-state index < -0.39 is 18.6 Å². The van der Waals surface area contributed by atoms with Gasteiger partial charge in [-0.3, -0.25) is 9.58 Å². The first kappa shape index (κ1) is 33.1. The number of carbonyl (C=O) groups excluding carboxylic acids is 1. The zero-order valence-corrected chi connectivity index (χ0v) is 28.1. The van der Waals surface area contributed by atoms with E-state index in [2.05, 4.69) is 20.6 Å². The fraction of sp³-hybridized carbons (Fsp3) is 0.459. The minimum Gasteiger partial charge on any atom is -0.473 e. The minimum atomic E-state index is -2.47. The highest BCUT2D eigenvalue weighted by molar-refractivity contribution is 5.94. The maximum absolute atomic E-state index is 13.0. The molecular weight excluding hydrogens is 630 g/mol. The van der Waals surface area contributed by atoms with Crippen LogP contribution in [0.1, 0.15) is 73.4 Å². The summed E-state index contributed by atoms with van der Waals surface area (Å²) >= 11 is 0. The lowest BCUT2D eigenvalue weighted by Gasteiger charge is -2.32. The van der Waals surface area contributed by atoms with Crippen molar-refractivity contribution >= 4 is 27.9 Å². The fourth-order valence-electron chi connectivity index (χ4n) is 6.56. The number of rotatable bonds is 11. The Morgan fingerprint density at radius 2 is 1.84 bits per heavy atom. The predicted octanol–water partition coefficient (Wildman–Crippen LogP) is 6.75. The number of aromatic nitrogens is 5. The van der Waals surface area contributed by atoms with Crippen LogP contribution in [0.3, 0.4) is 0 Å². The number of fused-ring (bicyclic) bond motifs is 2. The number of likely N-dealkylation sites (tertiary alicyclic amines) is 1. The molecule has 2 saturated heterocycles. The van der Waals surface area contributed by atoms with Crippen molar-refractivity contribution in [2.75, 3.05) is 19.7 Å². The summed E-state index contributed by atoms with van der Waals surface area (Å²) in [5, 5.41) is 4.90. The van der Waals surface area contributed by atoms with Crippen LogP contribution in [-0.2, 0) is 35.7 Å². The minimum absolute atomic E-state index is 0.143. The molecule has 10 nitrogen and oxygen atoms in total. The molecule has 2 aromatic carbocycles. The molecule has 258 valence electrons. The van der Waals surface area contributed by atoms with Crippen LogP contribution < -0.4 is 4.74 Å². The molecule has 0 amide bonds. The van der Waals surface area contributed by atoms with Crippen molar-refractivity contribution < 1.29 is 27.8 Å². The lowest BCUT2D eigenvalue weighted by Crippen LogP contribution is -2.35. The number of carbonyl (C=O) groups is 1. The maximum atomic E-state index is 13.0. The van der Waals surface area contributed by atoms with Gasteiger partial charge in [0.25, 0.3) is 6.43 Å². The molecule has 3 aromatic heterocycles. The van der Waals surface area contributed by atoms with Crippen LogP contribution in [0.4, 0.5) is 8.78 Å². The van der Waals surface area contributed by atoms with E-state index in [0.29, 0.717) is 36.0 Å². The lowest BCUT2D eigenvalue weighted by atomic mass is 9.93. The molecule has 2 aliphatic heterocycles. The fourth-order valence-corrected chi connectivity index (χ4v) is 6.56. The Balaban J connectivity index is 0.994. The molecule has 5 heterocycles. The summed E-state index contributed by atoms with van der Waals surface area (Å²) in [7, 11) is 0. The standard InChI is InChI=1S/C37H42F2N6O4/c1-37(2,3)49-36(46)26-9-10-30-32(18-26)44(20-28-13-16-47-28)34(41-30)22-43-14-11-25(12-15-43)29-5-4-6-35(42-29)48-23-24-7-8-27-19-40-45(21-33(38)39)31(27)17-24/h4-10,17-19,25,28,33H,11-16,20-23H2,1-3H3. The molecule has 12 heteroatoms. The summed E-state index contributed by atoms with van der Waals surface area (Å²) in [5.74, 6) is 1.47. The Kier molecular flexibility index (Phi) is 9.34. The number of nitrogens with zero attached hydrogens (tertiary/aromatic N) is 6. The number of esters is 1. The van der Waals surface area contributed by atoms with Gasteiger partial charge in [0, 0.05) is 29.7 Å².